The number of hydrogen-bond donors (Lipinski definition) is 1. The van der Waals surface area contributed by atoms with E-state index in [4.69, 9.17) is 5.73 Å². The molecule has 70 valence electrons. The van der Waals surface area contributed by atoms with Crippen LogP contribution in [0.1, 0.15) is 19.8 Å². The summed E-state index contributed by atoms with van der Waals surface area (Å²) in [5.41, 5.74) is 6.65. The Morgan fingerprint density at radius 2 is 2.38 bits per heavy atom. The van der Waals surface area contributed by atoms with Crippen molar-refractivity contribution in [3.8, 4) is 0 Å². The maximum Gasteiger partial charge on any atom is 0.151 e. The highest BCUT2D eigenvalue weighted by atomic mass is 15.2. The molecule has 1 aliphatic rings. The van der Waals surface area contributed by atoms with E-state index < -0.39 is 0 Å². The minimum atomic E-state index is 0.683. The molecule has 13 heavy (non-hydrogen) atoms. The Balaban J connectivity index is 2.26. The van der Waals surface area contributed by atoms with Crippen molar-refractivity contribution in [2.75, 3.05) is 17.2 Å². The maximum absolute atomic E-state index is 5.86. The summed E-state index contributed by atoms with van der Waals surface area (Å²) in [6.07, 6.45) is 4.37. The predicted molar refractivity (Wildman–Crippen MR) is 54.7 cm³/mol. The van der Waals surface area contributed by atoms with Crippen LogP contribution in [0.4, 0.5) is 11.5 Å². The summed E-state index contributed by atoms with van der Waals surface area (Å²) in [7, 11) is 0. The number of aromatic nitrogens is 1. The van der Waals surface area contributed by atoms with Crippen LogP contribution in [0.3, 0.4) is 0 Å². The molecule has 3 nitrogen and oxygen atoms in total. The third-order valence-electron chi connectivity index (χ3n) is 2.42. The van der Waals surface area contributed by atoms with Gasteiger partial charge in [-0.2, -0.15) is 0 Å². The van der Waals surface area contributed by atoms with Gasteiger partial charge in [0.1, 0.15) is 0 Å². The zero-order valence-corrected chi connectivity index (χ0v) is 7.90. The minimum absolute atomic E-state index is 0.683. The average molecular weight is 177 g/mol. The van der Waals surface area contributed by atoms with E-state index >= 15 is 0 Å². The smallest absolute Gasteiger partial charge is 0.151 e. The Morgan fingerprint density at radius 3 is 2.92 bits per heavy atom. The molecule has 0 unspecified atom stereocenters. The van der Waals surface area contributed by atoms with Crippen LogP contribution in [-0.2, 0) is 0 Å². The Morgan fingerprint density at radius 1 is 1.62 bits per heavy atom. The molecule has 0 spiro atoms. The van der Waals surface area contributed by atoms with Crippen molar-refractivity contribution in [3.63, 3.8) is 0 Å². The molecule has 0 bridgehead atoms. The van der Waals surface area contributed by atoms with Crippen molar-refractivity contribution < 1.29 is 0 Å². The lowest BCUT2D eigenvalue weighted by Crippen LogP contribution is -2.26. The first-order valence-electron chi connectivity index (χ1n) is 4.80. The first-order valence-corrected chi connectivity index (χ1v) is 4.80. The van der Waals surface area contributed by atoms with E-state index in [0.29, 0.717) is 6.04 Å². The predicted octanol–water partition coefficient (Wildman–Crippen LogP) is 1.65. The van der Waals surface area contributed by atoms with Crippen molar-refractivity contribution in [1.29, 1.82) is 0 Å². The third-order valence-corrected chi connectivity index (χ3v) is 2.42. The van der Waals surface area contributed by atoms with E-state index in [0.717, 1.165) is 18.1 Å². The van der Waals surface area contributed by atoms with E-state index in [1.165, 1.54) is 12.8 Å². The van der Waals surface area contributed by atoms with Gasteiger partial charge >= 0.3 is 0 Å². The second-order valence-corrected chi connectivity index (χ2v) is 3.43. The number of rotatable bonds is 3. The van der Waals surface area contributed by atoms with Crippen LogP contribution in [0, 0.1) is 0 Å². The van der Waals surface area contributed by atoms with Crippen LogP contribution in [0.2, 0.25) is 0 Å². The lowest BCUT2D eigenvalue weighted by Gasteiger charge is -2.22. The van der Waals surface area contributed by atoms with Crippen LogP contribution in [0.25, 0.3) is 0 Å². The highest BCUT2D eigenvalue weighted by Crippen LogP contribution is 2.32. The summed E-state index contributed by atoms with van der Waals surface area (Å²) >= 11 is 0. The molecule has 3 heteroatoms. The topological polar surface area (TPSA) is 42.2 Å². The minimum Gasteiger partial charge on any atom is -0.396 e. The number of nitrogens with two attached hydrogens (primary N) is 1. The average Bonchev–Trinajstić information content (AvgIpc) is 2.93. The lowest BCUT2D eigenvalue weighted by atomic mass is 10.3. The Kier molecular flexibility index (Phi) is 2.08. The standard InChI is InChI=1S/C10H15N3/c1-2-13(8-5-6-8)10-9(11)4-3-7-12-10/h3-4,7-8H,2,5-6,11H2,1H3. The Labute approximate surface area is 78.6 Å². The van der Waals surface area contributed by atoms with Gasteiger partial charge in [-0.1, -0.05) is 0 Å². The molecule has 0 aromatic carbocycles. The molecule has 1 aliphatic carbocycles. The molecule has 1 aromatic heterocycles. The molecule has 0 radical (unpaired) electrons. The summed E-state index contributed by atoms with van der Waals surface area (Å²) < 4.78 is 0. The van der Waals surface area contributed by atoms with Crippen LogP contribution in [0.15, 0.2) is 18.3 Å². The molecule has 0 saturated heterocycles. The fraction of sp³-hybridized carbons (Fsp3) is 0.500. The molecule has 1 aromatic rings. The molecule has 1 heterocycles. The zero-order valence-electron chi connectivity index (χ0n) is 7.90. The normalized spacial score (nSPS) is 15.8. The van der Waals surface area contributed by atoms with E-state index in [-0.39, 0.29) is 0 Å². The van der Waals surface area contributed by atoms with Crippen LogP contribution < -0.4 is 10.6 Å². The van der Waals surface area contributed by atoms with Gasteiger partial charge in [-0.25, -0.2) is 4.98 Å². The van der Waals surface area contributed by atoms with Crippen LogP contribution >= 0.6 is 0 Å². The summed E-state index contributed by atoms with van der Waals surface area (Å²) in [4.78, 5) is 6.60. The second kappa shape index (κ2) is 3.24. The van der Waals surface area contributed by atoms with Gasteiger partial charge in [0.05, 0.1) is 5.69 Å². The third kappa shape index (κ3) is 1.59. The van der Waals surface area contributed by atoms with Gasteiger partial charge in [-0.3, -0.25) is 0 Å². The Hall–Kier alpha value is -1.25. The number of anilines is 2. The molecule has 0 amide bonds. The molecule has 2 rings (SSSR count). The molecule has 0 atom stereocenters. The molecule has 1 fully saturated rings. The molecule has 2 N–H and O–H groups in total. The molecular formula is C10H15N3. The first kappa shape index (κ1) is 8.35. The summed E-state index contributed by atoms with van der Waals surface area (Å²) in [6.45, 7) is 3.14. The second-order valence-electron chi connectivity index (χ2n) is 3.43. The summed E-state index contributed by atoms with van der Waals surface area (Å²) in [5.74, 6) is 0.951. The number of pyridine rings is 1. The fourth-order valence-electron chi connectivity index (χ4n) is 1.62. The summed E-state index contributed by atoms with van der Waals surface area (Å²) in [6, 6.07) is 4.47. The zero-order chi connectivity index (χ0) is 9.26. The van der Waals surface area contributed by atoms with Gasteiger partial charge in [0, 0.05) is 18.8 Å². The van der Waals surface area contributed by atoms with Crippen molar-refractivity contribution in [3.05, 3.63) is 18.3 Å². The van der Waals surface area contributed by atoms with Crippen LogP contribution in [-0.4, -0.2) is 17.6 Å². The molecule has 0 aliphatic heterocycles. The van der Waals surface area contributed by atoms with E-state index in [9.17, 15) is 0 Å². The maximum atomic E-state index is 5.86. The van der Waals surface area contributed by atoms with E-state index in [1.54, 1.807) is 6.20 Å². The van der Waals surface area contributed by atoms with Gasteiger partial charge in [-0.05, 0) is 31.9 Å². The van der Waals surface area contributed by atoms with Gasteiger partial charge in [0.25, 0.3) is 0 Å². The highest BCUT2D eigenvalue weighted by Gasteiger charge is 2.29. The van der Waals surface area contributed by atoms with Gasteiger partial charge < -0.3 is 10.6 Å². The monoisotopic (exact) mass is 177 g/mol. The van der Waals surface area contributed by atoms with Gasteiger partial charge in [-0.15, -0.1) is 0 Å². The quantitative estimate of drug-likeness (QED) is 0.763. The van der Waals surface area contributed by atoms with Gasteiger partial charge in [0.2, 0.25) is 0 Å². The van der Waals surface area contributed by atoms with E-state index in [2.05, 4.69) is 16.8 Å². The van der Waals surface area contributed by atoms with E-state index in [1.807, 2.05) is 12.1 Å². The number of nitrogen functional groups attached to an aromatic ring is 1. The molecule has 1 saturated carbocycles. The SMILES string of the molecule is CCN(c1ncccc1N)C1CC1. The fourth-order valence-corrected chi connectivity index (χ4v) is 1.62. The van der Waals surface area contributed by atoms with Crippen molar-refractivity contribution in [2.45, 2.75) is 25.8 Å². The first-order chi connectivity index (χ1) is 6.33. The largest absolute Gasteiger partial charge is 0.396 e. The van der Waals surface area contributed by atoms with Gasteiger partial charge in [0.15, 0.2) is 5.82 Å². The number of nitrogens with zero attached hydrogens (tertiary/aromatic N) is 2. The Bertz CT molecular complexity index is 294. The van der Waals surface area contributed by atoms with Crippen LogP contribution in [0.5, 0.6) is 0 Å². The number of hydrogen-bond acceptors (Lipinski definition) is 3. The van der Waals surface area contributed by atoms with Crippen molar-refractivity contribution in [2.24, 2.45) is 0 Å². The molecular weight excluding hydrogens is 162 g/mol. The highest BCUT2D eigenvalue weighted by molar-refractivity contribution is 5.63. The lowest BCUT2D eigenvalue weighted by molar-refractivity contribution is 0.810. The van der Waals surface area contributed by atoms with Crippen molar-refractivity contribution in [1.82, 2.24) is 4.98 Å². The van der Waals surface area contributed by atoms with Crippen molar-refractivity contribution >= 4 is 11.5 Å². The summed E-state index contributed by atoms with van der Waals surface area (Å²) in [5, 5.41) is 0.